The van der Waals surface area contributed by atoms with Gasteiger partial charge in [-0.2, -0.15) is 0 Å². The lowest BCUT2D eigenvalue weighted by Crippen LogP contribution is -2.40. The number of nitrogens with one attached hydrogen (secondary N) is 1. The van der Waals surface area contributed by atoms with Gasteiger partial charge in [0.2, 0.25) is 0 Å². The van der Waals surface area contributed by atoms with Gasteiger partial charge < -0.3 is 5.32 Å². The van der Waals surface area contributed by atoms with Crippen LogP contribution in [0.4, 0.5) is 0 Å². The summed E-state index contributed by atoms with van der Waals surface area (Å²) in [4.78, 5) is 0. The summed E-state index contributed by atoms with van der Waals surface area (Å²) in [5.41, 5.74) is 0.529. The van der Waals surface area contributed by atoms with Crippen LogP contribution in [0.3, 0.4) is 0 Å². The molecule has 2 saturated heterocycles. The molecule has 2 fully saturated rings. The topological polar surface area (TPSA) is 15.3 Å². The maximum absolute atomic E-state index is 3.62. The van der Waals surface area contributed by atoms with Crippen LogP contribution < -0.4 is 5.32 Å². The fourth-order valence-corrected chi connectivity index (χ4v) is 2.93. The summed E-state index contributed by atoms with van der Waals surface area (Å²) in [7, 11) is 0. The summed E-state index contributed by atoms with van der Waals surface area (Å²) in [6.45, 7) is 3.77. The molecule has 1 N–H and O–H groups in total. The molecule has 3 heteroatoms. The summed E-state index contributed by atoms with van der Waals surface area (Å²) in [6.07, 6.45) is 4.13. The molecule has 2 rings (SSSR count). The zero-order chi connectivity index (χ0) is 7.03. The lowest BCUT2D eigenvalue weighted by molar-refractivity contribution is 0.400. The minimum absolute atomic E-state index is 0.529. The predicted molar refractivity (Wildman–Crippen MR) is 50.2 cm³/mol. The largest absolute Gasteiger partial charge is 0.310 e. The van der Waals surface area contributed by atoms with E-state index >= 15 is 0 Å². The Morgan fingerprint density at radius 1 is 1.40 bits per heavy atom. The van der Waals surface area contributed by atoms with Crippen molar-refractivity contribution in [2.45, 2.75) is 24.8 Å². The van der Waals surface area contributed by atoms with Gasteiger partial charge in [0.05, 0.1) is 0 Å². The molecule has 0 saturated carbocycles. The SMILES string of the molecule is IN1CCC2(CCCN2)C1. The summed E-state index contributed by atoms with van der Waals surface area (Å²) in [5, 5.41) is 3.62. The monoisotopic (exact) mass is 252 g/mol. The highest BCUT2D eigenvalue weighted by molar-refractivity contribution is 14.1. The molecule has 0 aromatic heterocycles. The van der Waals surface area contributed by atoms with E-state index in [0.717, 1.165) is 0 Å². The highest BCUT2D eigenvalue weighted by Gasteiger charge is 2.38. The molecule has 0 aliphatic carbocycles. The lowest BCUT2D eigenvalue weighted by Gasteiger charge is -2.22. The maximum Gasteiger partial charge on any atom is 0.0329 e. The highest BCUT2D eigenvalue weighted by atomic mass is 127. The van der Waals surface area contributed by atoms with E-state index in [0.29, 0.717) is 5.54 Å². The van der Waals surface area contributed by atoms with Gasteiger partial charge in [0.15, 0.2) is 0 Å². The van der Waals surface area contributed by atoms with Gasteiger partial charge in [0, 0.05) is 41.5 Å². The third-order valence-corrected chi connectivity index (χ3v) is 3.46. The molecule has 10 heavy (non-hydrogen) atoms. The first-order valence-corrected chi connectivity index (χ1v) is 4.93. The Labute approximate surface area is 75.8 Å². The van der Waals surface area contributed by atoms with Crippen molar-refractivity contribution in [1.29, 1.82) is 0 Å². The highest BCUT2D eigenvalue weighted by Crippen LogP contribution is 2.31. The van der Waals surface area contributed by atoms with E-state index in [-0.39, 0.29) is 0 Å². The number of hydrogen-bond donors (Lipinski definition) is 1. The molecule has 2 heterocycles. The molecule has 1 spiro atoms. The molecular formula is C7H13IN2. The first-order valence-electron chi connectivity index (χ1n) is 3.97. The van der Waals surface area contributed by atoms with Gasteiger partial charge in [-0.05, 0) is 25.8 Å². The van der Waals surface area contributed by atoms with E-state index < -0.39 is 0 Å². The average molecular weight is 252 g/mol. The molecule has 0 aromatic rings. The average Bonchev–Trinajstić information content (AvgIpc) is 2.46. The number of rotatable bonds is 0. The summed E-state index contributed by atoms with van der Waals surface area (Å²) < 4.78 is 2.40. The van der Waals surface area contributed by atoms with Gasteiger partial charge in [-0.3, -0.25) is 0 Å². The second-order valence-electron chi connectivity index (χ2n) is 3.41. The lowest BCUT2D eigenvalue weighted by atomic mass is 9.97. The molecule has 0 aromatic carbocycles. The van der Waals surface area contributed by atoms with Crippen LogP contribution in [-0.4, -0.2) is 28.3 Å². The molecular weight excluding hydrogens is 239 g/mol. The summed E-state index contributed by atoms with van der Waals surface area (Å²) >= 11 is 2.42. The molecule has 2 aliphatic rings. The Morgan fingerprint density at radius 2 is 2.30 bits per heavy atom. The van der Waals surface area contributed by atoms with E-state index in [2.05, 4.69) is 31.3 Å². The fraction of sp³-hybridized carbons (Fsp3) is 1.00. The first-order chi connectivity index (χ1) is 4.81. The number of halogens is 1. The molecule has 2 nitrogen and oxygen atoms in total. The van der Waals surface area contributed by atoms with Crippen molar-refractivity contribution in [2.75, 3.05) is 19.6 Å². The molecule has 1 atom stereocenters. The molecule has 0 radical (unpaired) electrons. The minimum Gasteiger partial charge on any atom is -0.310 e. The van der Waals surface area contributed by atoms with Crippen LogP contribution >= 0.6 is 22.9 Å². The molecule has 0 bridgehead atoms. The van der Waals surface area contributed by atoms with Crippen LogP contribution in [-0.2, 0) is 0 Å². The van der Waals surface area contributed by atoms with Crippen LogP contribution in [0.25, 0.3) is 0 Å². The maximum atomic E-state index is 3.62. The van der Waals surface area contributed by atoms with Gasteiger partial charge in [0.25, 0.3) is 0 Å². The zero-order valence-electron chi connectivity index (χ0n) is 6.07. The van der Waals surface area contributed by atoms with Crippen LogP contribution in [0.15, 0.2) is 0 Å². The Balaban J connectivity index is 2.03. The van der Waals surface area contributed by atoms with E-state index in [4.69, 9.17) is 0 Å². The Morgan fingerprint density at radius 3 is 2.80 bits per heavy atom. The van der Waals surface area contributed by atoms with Crippen molar-refractivity contribution in [1.82, 2.24) is 8.43 Å². The smallest absolute Gasteiger partial charge is 0.0329 e. The zero-order valence-corrected chi connectivity index (χ0v) is 8.23. The van der Waals surface area contributed by atoms with Gasteiger partial charge in [-0.1, -0.05) is 0 Å². The van der Waals surface area contributed by atoms with Gasteiger partial charge in [-0.15, -0.1) is 0 Å². The normalized spacial score (nSPS) is 41.7. The number of nitrogens with zero attached hydrogens (tertiary/aromatic N) is 1. The third kappa shape index (κ3) is 1.19. The Hall–Kier alpha value is 0.650. The van der Waals surface area contributed by atoms with E-state index in [9.17, 15) is 0 Å². The fourth-order valence-electron chi connectivity index (χ4n) is 2.04. The van der Waals surface area contributed by atoms with Gasteiger partial charge >= 0.3 is 0 Å². The van der Waals surface area contributed by atoms with Gasteiger partial charge in [-0.25, -0.2) is 3.11 Å². The van der Waals surface area contributed by atoms with E-state index in [1.165, 1.54) is 38.9 Å². The Kier molecular flexibility index (Phi) is 1.90. The molecule has 1 unspecified atom stereocenters. The minimum atomic E-state index is 0.529. The van der Waals surface area contributed by atoms with Crippen molar-refractivity contribution in [2.24, 2.45) is 0 Å². The van der Waals surface area contributed by atoms with Crippen LogP contribution in [0.5, 0.6) is 0 Å². The quantitative estimate of drug-likeness (QED) is 0.514. The van der Waals surface area contributed by atoms with Crippen molar-refractivity contribution in [3.8, 4) is 0 Å². The van der Waals surface area contributed by atoms with Crippen LogP contribution in [0, 0.1) is 0 Å². The van der Waals surface area contributed by atoms with Crippen molar-refractivity contribution in [3.05, 3.63) is 0 Å². The third-order valence-electron chi connectivity index (χ3n) is 2.64. The number of hydrogen-bond acceptors (Lipinski definition) is 2. The summed E-state index contributed by atoms with van der Waals surface area (Å²) in [6, 6.07) is 0. The molecule has 2 aliphatic heterocycles. The van der Waals surface area contributed by atoms with E-state index in [1.54, 1.807) is 0 Å². The van der Waals surface area contributed by atoms with Crippen LogP contribution in [0.1, 0.15) is 19.3 Å². The van der Waals surface area contributed by atoms with Crippen LogP contribution in [0.2, 0.25) is 0 Å². The second-order valence-corrected chi connectivity index (χ2v) is 4.77. The first kappa shape index (κ1) is 7.31. The van der Waals surface area contributed by atoms with Crippen molar-refractivity contribution < 1.29 is 0 Å². The van der Waals surface area contributed by atoms with Crippen molar-refractivity contribution in [3.63, 3.8) is 0 Å². The second kappa shape index (κ2) is 2.60. The molecule has 0 amide bonds. The summed E-state index contributed by atoms with van der Waals surface area (Å²) in [5.74, 6) is 0. The predicted octanol–water partition coefficient (Wildman–Crippen LogP) is 1.16. The van der Waals surface area contributed by atoms with Gasteiger partial charge in [0.1, 0.15) is 0 Å². The van der Waals surface area contributed by atoms with Crippen molar-refractivity contribution >= 4 is 22.9 Å². The molecule has 58 valence electrons. The van der Waals surface area contributed by atoms with E-state index in [1.807, 2.05) is 0 Å². The Bertz CT molecular complexity index is 132. The standard InChI is InChI=1S/C7H13IN2/c8-10-5-3-7(6-10)2-1-4-9-7/h9H,1-6H2.